The molecule has 0 amide bonds. The molecule has 0 bridgehead atoms. The van der Waals surface area contributed by atoms with E-state index in [1.54, 1.807) is 0 Å². The molecule has 3 heterocycles. The lowest BCUT2D eigenvalue weighted by Crippen LogP contribution is -2.29. The number of benzene rings is 1. The Kier molecular flexibility index (Phi) is 5.22. The average molecular weight is 395 g/mol. The van der Waals surface area contributed by atoms with E-state index in [2.05, 4.69) is 39.4 Å². The van der Waals surface area contributed by atoms with E-state index in [1.165, 1.54) is 0 Å². The first-order valence-corrected chi connectivity index (χ1v) is 9.42. The number of rotatable bonds is 7. The third-order valence-corrected chi connectivity index (χ3v) is 4.59. The van der Waals surface area contributed by atoms with Crippen LogP contribution < -0.4 is 19.7 Å². The molecule has 4 rings (SSSR count). The summed E-state index contributed by atoms with van der Waals surface area (Å²) in [5.41, 5.74) is 1.76. The molecule has 1 aliphatic heterocycles. The Balaban J connectivity index is 1.72. The molecule has 3 aromatic rings. The maximum absolute atomic E-state index is 5.66. The highest BCUT2D eigenvalue weighted by molar-refractivity contribution is 5.72. The number of nitrogens with one attached hydrogen (secondary N) is 2. The molecule has 152 valence electrons. The van der Waals surface area contributed by atoms with E-state index in [4.69, 9.17) is 19.4 Å². The van der Waals surface area contributed by atoms with Crippen molar-refractivity contribution in [1.29, 1.82) is 0 Å². The van der Waals surface area contributed by atoms with Gasteiger partial charge in [-0.15, -0.1) is 0 Å². The van der Waals surface area contributed by atoms with Gasteiger partial charge in [-0.2, -0.15) is 5.10 Å². The first-order chi connectivity index (χ1) is 14.0. The van der Waals surface area contributed by atoms with Crippen molar-refractivity contribution in [1.82, 2.24) is 25.1 Å². The van der Waals surface area contributed by atoms with E-state index in [0.717, 1.165) is 30.2 Å². The monoisotopic (exact) mass is 395 g/mol. The number of hydrogen-bond acceptors (Lipinski definition) is 8. The minimum atomic E-state index is 0.201. The van der Waals surface area contributed by atoms with Crippen LogP contribution in [0.3, 0.4) is 0 Å². The number of aryl methyl sites for hydroxylation is 1. The first kappa shape index (κ1) is 19.0. The summed E-state index contributed by atoms with van der Waals surface area (Å²) in [4.78, 5) is 13.8. The highest BCUT2D eigenvalue weighted by Crippen LogP contribution is 2.40. The lowest BCUT2D eigenvalue weighted by atomic mass is 10.1. The van der Waals surface area contributed by atoms with Gasteiger partial charge in [0.05, 0.1) is 5.56 Å². The fourth-order valence-corrected chi connectivity index (χ4v) is 3.00. The number of anilines is 3. The Hall–Kier alpha value is -3.33. The number of ether oxygens (including phenoxy) is 2. The third kappa shape index (κ3) is 4.24. The van der Waals surface area contributed by atoms with Crippen LogP contribution in [0.1, 0.15) is 5.69 Å². The van der Waals surface area contributed by atoms with Gasteiger partial charge in [0.1, 0.15) is 11.6 Å². The summed E-state index contributed by atoms with van der Waals surface area (Å²) in [6, 6.07) is 9.58. The highest BCUT2D eigenvalue weighted by atomic mass is 16.7. The molecule has 0 radical (unpaired) electrons. The van der Waals surface area contributed by atoms with Gasteiger partial charge in [-0.25, -0.2) is 9.97 Å². The van der Waals surface area contributed by atoms with Crippen molar-refractivity contribution in [3.63, 3.8) is 0 Å². The topological polar surface area (TPSA) is 91.4 Å². The van der Waals surface area contributed by atoms with E-state index >= 15 is 0 Å². The zero-order valence-electron chi connectivity index (χ0n) is 17.1. The standard InChI is InChI=1S/C20H25N7O2/c1-13-10-17(25-24-13)21-16-11-18(27(4)9-8-26(2)3)23-20(22-16)14-6-5-7-15-19(14)29-12-28-15/h5-7,10-11H,8-9,12H2,1-4H3,(H2,21,22,23,24,25). The summed E-state index contributed by atoms with van der Waals surface area (Å²) < 4.78 is 11.2. The number of nitrogens with zero attached hydrogens (tertiary/aromatic N) is 5. The van der Waals surface area contributed by atoms with Crippen LogP contribution in [0.15, 0.2) is 30.3 Å². The second-order valence-corrected chi connectivity index (χ2v) is 7.26. The molecule has 0 atom stereocenters. The number of aromatic nitrogens is 4. The summed E-state index contributed by atoms with van der Waals surface area (Å²) in [6.45, 7) is 3.90. The smallest absolute Gasteiger partial charge is 0.231 e. The number of fused-ring (bicyclic) bond motifs is 1. The van der Waals surface area contributed by atoms with Crippen molar-refractivity contribution < 1.29 is 9.47 Å². The van der Waals surface area contributed by atoms with Gasteiger partial charge in [0.2, 0.25) is 6.79 Å². The zero-order chi connectivity index (χ0) is 20.4. The summed E-state index contributed by atoms with van der Waals surface area (Å²) in [5.74, 6) is 4.10. The maximum atomic E-state index is 5.66. The zero-order valence-corrected chi connectivity index (χ0v) is 17.1. The maximum Gasteiger partial charge on any atom is 0.231 e. The normalized spacial score (nSPS) is 12.4. The predicted octanol–water partition coefficient (Wildman–Crippen LogP) is 2.65. The molecule has 0 unspecified atom stereocenters. The molecule has 0 fully saturated rings. The molecule has 2 aromatic heterocycles. The largest absolute Gasteiger partial charge is 0.454 e. The number of likely N-dealkylation sites (N-methyl/N-ethyl adjacent to an activating group) is 2. The van der Waals surface area contributed by atoms with Crippen LogP contribution in [0, 0.1) is 6.92 Å². The van der Waals surface area contributed by atoms with Crippen molar-refractivity contribution in [2.45, 2.75) is 6.92 Å². The Morgan fingerprint density at radius 1 is 1.07 bits per heavy atom. The van der Waals surface area contributed by atoms with Crippen molar-refractivity contribution in [2.75, 3.05) is 51.2 Å². The molecule has 29 heavy (non-hydrogen) atoms. The van der Waals surface area contributed by atoms with Gasteiger partial charge in [-0.3, -0.25) is 5.10 Å². The average Bonchev–Trinajstić information content (AvgIpc) is 3.34. The van der Waals surface area contributed by atoms with Gasteiger partial charge in [-0.05, 0) is 33.2 Å². The molecule has 0 saturated heterocycles. The quantitative estimate of drug-likeness (QED) is 0.631. The molecule has 2 N–H and O–H groups in total. The minimum absolute atomic E-state index is 0.201. The molecule has 0 aliphatic carbocycles. The van der Waals surface area contributed by atoms with Crippen molar-refractivity contribution in [3.8, 4) is 22.9 Å². The summed E-state index contributed by atoms with van der Waals surface area (Å²) in [5, 5.41) is 10.4. The Labute approximate surface area is 169 Å². The number of para-hydroxylation sites is 1. The summed E-state index contributed by atoms with van der Waals surface area (Å²) in [6.07, 6.45) is 0. The van der Waals surface area contributed by atoms with Gasteiger partial charge in [0, 0.05) is 38.0 Å². The van der Waals surface area contributed by atoms with Crippen molar-refractivity contribution >= 4 is 17.5 Å². The molecule has 1 aliphatic rings. The third-order valence-electron chi connectivity index (χ3n) is 4.59. The van der Waals surface area contributed by atoms with Crippen LogP contribution in [-0.2, 0) is 0 Å². The highest BCUT2D eigenvalue weighted by Gasteiger charge is 2.21. The second-order valence-electron chi connectivity index (χ2n) is 7.26. The number of aromatic amines is 1. The lowest BCUT2D eigenvalue weighted by molar-refractivity contribution is 0.174. The van der Waals surface area contributed by atoms with Gasteiger partial charge in [0.15, 0.2) is 23.1 Å². The van der Waals surface area contributed by atoms with Crippen molar-refractivity contribution in [2.24, 2.45) is 0 Å². The van der Waals surface area contributed by atoms with E-state index in [9.17, 15) is 0 Å². The fraction of sp³-hybridized carbons (Fsp3) is 0.350. The first-order valence-electron chi connectivity index (χ1n) is 9.42. The van der Waals surface area contributed by atoms with Crippen LogP contribution >= 0.6 is 0 Å². The Morgan fingerprint density at radius 2 is 1.93 bits per heavy atom. The van der Waals surface area contributed by atoms with E-state index in [0.29, 0.717) is 29.0 Å². The van der Waals surface area contributed by atoms with Gasteiger partial charge < -0.3 is 24.6 Å². The molecule has 0 saturated carbocycles. The molecule has 1 aromatic carbocycles. The second kappa shape index (κ2) is 7.96. The summed E-state index contributed by atoms with van der Waals surface area (Å²) in [7, 11) is 6.13. The fourth-order valence-electron chi connectivity index (χ4n) is 3.00. The Morgan fingerprint density at radius 3 is 2.69 bits per heavy atom. The van der Waals surface area contributed by atoms with Crippen molar-refractivity contribution in [3.05, 3.63) is 36.0 Å². The van der Waals surface area contributed by atoms with E-state index < -0.39 is 0 Å². The van der Waals surface area contributed by atoms with Crippen LogP contribution in [0.4, 0.5) is 17.5 Å². The SMILES string of the molecule is Cc1cc(Nc2cc(N(C)CCN(C)C)nc(-c3cccc4c3OCO4)n2)n[nH]1. The van der Waals surface area contributed by atoms with Crippen LogP contribution in [0.25, 0.3) is 11.4 Å². The molecular formula is C20H25N7O2. The minimum Gasteiger partial charge on any atom is -0.454 e. The predicted molar refractivity (Wildman–Crippen MR) is 112 cm³/mol. The van der Waals surface area contributed by atoms with Crippen LogP contribution in [0.5, 0.6) is 11.5 Å². The summed E-state index contributed by atoms with van der Waals surface area (Å²) >= 11 is 0. The van der Waals surface area contributed by atoms with E-state index in [1.807, 2.05) is 44.3 Å². The van der Waals surface area contributed by atoms with E-state index in [-0.39, 0.29) is 6.79 Å². The molecule has 9 heteroatoms. The molecule has 9 nitrogen and oxygen atoms in total. The molecular weight excluding hydrogens is 370 g/mol. The number of H-pyrrole nitrogens is 1. The molecule has 0 spiro atoms. The van der Waals surface area contributed by atoms with Gasteiger partial charge in [0.25, 0.3) is 0 Å². The Bertz CT molecular complexity index is 1000. The number of hydrogen-bond donors (Lipinski definition) is 2. The van der Waals surface area contributed by atoms with Gasteiger partial charge >= 0.3 is 0 Å². The lowest BCUT2D eigenvalue weighted by Gasteiger charge is -2.21. The van der Waals surface area contributed by atoms with Crippen LogP contribution in [0.2, 0.25) is 0 Å². The van der Waals surface area contributed by atoms with Gasteiger partial charge in [-0.1, -0.05) is 6.07 Å². The van der Waals surface area contributed by atoms with Crippen LogP contribution in [-0.4, -0.2) is 66.1 Å².